The SMILES string of the molecule is COCC[N+]1(C)[C@H]2CCC23C[C@@H](CC(C#N)(c2ccccc2)c2ccccc2)C[C@@H]31.[Br-]. The molecule has 5 atom stereocenters. The molecule has 5 rings (SSSR count). The van der Waals surface area contributed by atoms with Crippen molar-refractivity contribution in [1.29, 1.82) is 5.26 Å². The van der Waals surface area contributed by atoms with Gasteiger partial charge in [-0.25, -0.2) is 0 Å². The molecule has 1 aliphatic heterocycles. The Morgan fingerprint density at radius 2 is 1.68 bits per heavy atom. The number of halogens is 1. The van der Waals surface area contributed by atoms with Gasteiger partial charge in [0, 0.05) is 20.0 Å². The van der Waals surface area contributed by atoms with Crippen molar-refractivity contribution in [3.8, 4) is 6.07 Å². The number of benzene rings is 2. The van der Waals surface area contributed by atoms with E-state index in [-0.39, 0.29) is 17.0 Å². The van der Waals surface area contributed by atoms with Crippen LogP contribution in [0.4, 0.5) is 0 Å². The monoisotopic (exact) mass is 480 g/mol. The first-order valence-corrected chi connectivity index (χ1v) is 11.5. The maximum Gasteiger partial charge on any atom is 0.107 e. The van der Waals surface area contributed by atoms with Gasteiger partial charge in [0.05, 0.1) is 25.1 Å². The Bertz CT molecular complexity index is 903. The molecule has 2 aromatic carbocycles. The Balaban J connectivity index is 0.00000231. The Morgan fingerprint density at radius 3 is 2.16 bits per heavy atom. The predicted octanol–water partition coefficient (Wildman–Crippen LogP) is 1.92. The van der Waals surface area contributed by atoms with E-state index in [4.69, 9.17) is 4.74 Å². The van der Waals surface area contributed by atoms with Crippen molar-refractivity contribution in [2.45, 2.75) is 49.6 Å². The molecule has 2 unspecified atom stereocenters. The molecule has 3 aliphatic rings. The third-order valence-corrected chi connectivity index (χ3v) is 8.96. The lowest BCUT2D eigenvalue weighted by atomic mass is 9.51. The highest BCUT2D eigenvalue weighted by atomic mass is 79.9. The molecule has 2 saturated carbocycles. The zero-order valence-electron chi connectivity index (χ0n) is 18.6. The number of likely N-dealkylation sites (tertiary alicyclic amines) is 1. The van der Waals surface area contributed by atoms with E-state index in [0.29, 0.717) is 11.3 Å². The quantitative estimate of drug-likeness (QED) is 0.567. The van der Waals surface area contributed by atoms with E-state index in [1.807, 2.05) is 19.2 Å². The first kappa shape index (κ1) is 22.5. The van der Waals surface area contributed by atoms with Crippen molar-refractivity contribution in [2.24, 2.45) is 11.3 Å². The summed E-state index contributed by atoms with van der Waals surface area (Å²) in [5, 5.41) is 10.6. The molecular weight excluding hydrogens is 448 g/mol. The van der Waals surface area contributed by atoms with Gasteiger partial charge < -0.3 is 26.2 Å². The van der Waals surface area contributed by atoms with E-state index in [2.05, 4.69) is 61.6 Å². The molecule has 4 heteroatoms. The second-order valence-corrected chi connectivity index (χ2v) is 10.1. The maximum absolute atomic E-state index is 10.6. The minimum Gasteiger partial charge on any atom is -1.00 e. The molecule has 2 aliphatic carbocycles. The van der Waals surface area contributed by atoms with Crippen molar-refractivity contribution in [2.75, 3.05) is 27.3 Å². The molecule has 2 aromatic rings. The molecular formula is C27H33BrN2O. The summed E-state index contributed by atoms with van der Waals surface area (Å²) in [5.74, 6) is 0.598. The molecule has 0 aromatic heterocycles. The van der Waals surface area contributed by atoms with Crippen molar-refractivity contribution >= 4 is 0 Å². The lowest BCUT2D eigenvalue weighted by Crippen LogP contribution is -3.00. The van der Waals surface area contributed by atoms with E-state index in [0.717, 1.165) is 42.8 Å². The van der Waals surface area contributed by atoms with E-state index in [1.54, 1.807) is 0 Å². The summed E-state index contributed by atoms with van der Waals surface area (Å²) in [6.07, 6.45) is 6.22. The number of hydrogen-bond acceptors (Lipinski definition) is 2. The molecule has 31 heavy (non-hydrogen) atoms. The third kappa shape index (κ3) is 3.20. The van der Waals surface area contributed by atoms with Gasteiger partial charge in [-0.15, -0.1) is 0 Å². The molecule has 0 bridgehead atoms. The van der Waals surface area contributed by atoms with Crippen LogP contribution in [0.1, 0.15) is 43.2 Å². The minimum atomic E-state index is -0.567. The second-order valence-electron chi connectivity index (χ2n) is 10.1. The summed E-state index contributed by atoms with van der Waals surface area (Å²) in [6, 6.07) is 25.3. The van der Waals surface area contributed by atoms with Crippen LogP contribution in [0.5, 0.6) is 0 Å². The molecule has 1 saturated heterocycles. The van der Waals surface area contributed by atoms with Gasteiger partial charge in [0.25, 0.3) is 0 Å². The summed E-state index contributed by atoms with van der Waals surface area (Å²) >= 11 is 0. The molecule has 0 radical (unpaired) electrons. The van der Waals surface area contributed by atoms with Crippen molar-refractivity contribution in [3.63, 3.8) is 0 Å². The third-order valence-electron chi connectivity index (χ3n) is 8.96. The number of quaternary nitrogens is 1. The van der Waals surface area contributed by atoms with Crippen molar-refractivity contribution < 1.29 is 26.2 Å². The van der Waals surface area contributed by atoms with Gasteiger partial charge in [0.2, 0.25) is 0 Å². The number of ether oxygens (including phenoxy) is 1. The smallest absolute Gasteiger partial charge is 0.107 e. The summed E-state index contributed by atoms with van der Waals surface area (Å²) in [6.45, 7) is 1.97. The number of nitrogens with zero attached hydrogens (tertiary/aromatic N) is 2. The fourth-order valence-electron chi connectivity index (χ4n) is 7.63. The van der Waals surface area contributed by atoms with Gasteiger partial charge in [-0.1, -0.05) is 60.7 Å². The van der Waals surface area contributed by atoms with Gasteiger partial charge in [-0.2, -0.15) is 5.26 Å². The van der Waals surface area contributed by atoms with E-state index in [1.165, 1.54) is 30.2 Å². The topological polar surface area (TPSA) is 33.0 Å². The van der Waals surface area contributed by atoms with Crippen molar-refractivity contribution in [1.82, 2.24) is 0 Å². The van der Waals surface area contributed by atoms with Crippen molar-refractivity contribution in [3.05, 3.63) is 71.8 Å². The second kappa shape index (κ2) is 8.35. The number of methoxy groups -OCH3 is 1. The Labute approximate surface area is 197 Å². The van der Waals surface area contributed by atoms with E-state index in [9.17, 15) is 5.26 Å². The van der Waals surface area contributed by atoms with Crippen LogP contribution in [0.15, 0.2) is 60.7 Å². The molecule has 1 spiro atoms. The van der Waals surface area contributed by atoms with E-state index < -0.39 is 5.41 Å². The summed E-state index contributed by atoms with van der Waals surface area (Å²) in [7, 11) is 4.28. The zero-order valence-corrected chi connectivity index (χ0v) is 20.2. The summed E-state index contributed by atoms with van der Waals surface area (Å²) in [4.78, 5) is 0. The van der Waals surface area contributed by atoms with Crippen LogP contribution in [0, 0.1) is 22.7 Å². The number of piperidine rings is 1. The molecule has 1 heterocycles. The predicted molar refractivity (Wildman–Crippen MR) is 119 cm³/mol. The van der Waals surface area contributed by atoms with Gasteiger partial charge in [0.15, 0.2) is 0 Å². The Morgan fingerprint density at radius 1 is 1.06 bits per heavy atom. The number of hydrogen-bond donors (Lipinski definition) is 0. The summed E-state index contributed by atoms with van der Waals surface area (Å²) < 4.78 is 6.64. The average Bonchev–Trinajstić information content (AvgIpc) is 3.17. The van der Waals surface area contributed by atoms with Crippen LogP contribution < -0.4 is 17.0 Å². The highest BCUT2D eigenvalue weighted by Gasteiger charge is 2.77. The van der Waals surface area contributed by atoms with Crippen LogP contribution >= 0.6 is 0 Å². The van der Waals surface area contributed by atoms with Gasteiger partial charge in [-0.3, -0.25) is 0 Å². The standard InChI is InChI=1S/C27H33N2O.BrH/c1-29(15-16-30-2)24-13-14-26(24)18-21(17-25(26)29)19-27(20-28,22-9-5-3-6-10-22)23-11-7-4-8-12-23;/h3-12,21,24-25H,13-19H2,1-2H3;1H/q+1;/p-1/t21-,24-,25-,26?,29?;/m0./s1. The largest absolute Gasteiger partial charge is 1.00 e. The Hall–Kier alpha value is -1.67. The lowest BCUT2D eigenvalue weighted by molar-refractivity contribution is -1.03. The molecule has 3 nitrogen and oxygen atoms in total. The highest BCUT2D eigenvalue weighted by Crippen LogP contribution is 2.70. The lowest BCUT2D eigenvalue weighted by Gasteiger charge is -2.71. The minimum absolute atomic E-state index is 0. The van der Waals surface area contributed by atoms with E-state index >= 15 is 0 Å². The fraction of sp³-hybridized carbons (Fsp3) is 0.519. The van der Waals surface area contributed by atoms with Crippen LogP contribution in [-0.2, 0) is 10.2 Å². The Kier molecular flexibility index (Phi) is 6.07. The maximum atomic E-state index is 10.6. The fourth-order valence-corrected chi connectivity index (χ4v) is 7.63. The van der Waals surface area contributed by atoms with Crippen LogP contribution in [0.25, 0.3) is 0 Å². The first-order valence-electron chi connectivity index (χ1n) is 11.5. The highest BCUT2D eigenvalue weighted by molar-refractivity contribution is 5.46. The molecule has 3 fully saturated rings. The number of likely N-dealkylation sites (N-methyl/N-ethyl adjacent to an activating group) is 1. The molecule has 0 amide bonds. The number of nitriles is 1. The number of rotatable bonds is 7. The van der Waals surface area contributed by atoms with Crippen LogP contribution in [0.2, 0.25) is 0 Å². The molecule has 0 N–H and O–H groups in total. The average molecular weight is 481 g/mol. The van der Waals surface area contributed by atoms with Crippen LogP contribution in [-0.4, -0.2) is 43.9 Å². The normalized spacial score (nSPS) is 33.1. The zero-order chi connectivity index (χ0) is 20.8. The summed E-state index contributed by atoms with van der Waals surface area (Å²) in [5.41, 5.74) is 2.25. The van der Waals surface area contributed by atoms with Gasteiger partial charge in [-0.05, 0) is 36.3 Å². The first-order chi connectivity index (χ1) is 14.6. The van der Waals surface area contributed by atoms with Gasteiger partial charge >= 0.3 is 0 Å². The molecule has 164 valence electrons. The van der Waals surface area contributed by atoms with Gasteiger partial charge in [0.1, 0.15) is 24.0 Å². The van der Waals surface area contributed by atoms with Crippen LogP contribution in [0.3, 0.4) is 0 Å².